The number of H-pyrrole nitrogens is 1. The van der Waals surface area contributed by atoms with Crippen LogP contribution in [0.3, 0.4) is 0 Å². The molecule has 2 N–H and O–H groups in total. The lowest BCUT2D eigenvalue weighted by Crippen LogP contribution is -2.52. The van der Waals surface area contributed by atoms with Crippen LogP contribution >= 0.6 is 0 Å². The van der Waals surface area contributed by atoms with E-state index in [1.807, 2.05) is 19.1 Å². The lowest BCUT2D eigenvalue weighted by molar-refractivity contribution is -0.121. The van der Waals surface area contributed by atoms with Gasteiger partial charge >= 0.3 is 0 Å². The Balaban J connectivity index is 1.43. The molecule has 2 aromatic rings. The van der Waals surface area contributed by atoms with Gasteiger partial charge in [-0.3, -0.25) is 9.69 Å². The number of amides is 1. The topological polar surface area (TPSA) is 57.4 Å². The van der Waals surface area contributed by atoms with Crippen molar-refractivity contribution in [3.8, 4) is 0 Å². The second kappa shape index (κ2) is 7.18. The quantitative estimate of drug-likeness (QED) is 0.898. The summed E-state index contributed by atoms with van der Waals surface area (Å²) in [7, 11) is 0. The van der Waals surface area contributed by atoms with E-state index in [0.29, 0.717) is 19.1 Å². The molecule has 1 aromatic heterocycles. The van der Waals surface area contributed by atoms with Gasteiger partial charge in [0.15, 0.2) is 0 Å². The number of nitrogens with zero attached hydrogens (tertiary/aromatic N) is 1. The Bertz CT molecular complexity index is 748. The highest BCUT2D eigenvalue weighted by atomic mass is 16.5. The molecule has 2 aliphatic heterocycles. The van der Waals surface area contributed by atoms with E-state index in [9.17, 15) is 4.79 Å². The van der Waals surface area contributed by atoms with Gasteiger partial charge in [-0.15, -0.1) is 0 Å². The third-order valence-corrected chi connectivity index (χ3v) is 5.62. The van der Waals surface area contributed by atoms with Crippen molar-refractivity contribution < 1.29 is 9.53 Å². The van der Waals surface area contributed by atoms with E-state index in [2.05, 4.69) is 27.3 Å². The van der Waals surface area contributed by atoms with E-state index < -0.39 is 0 Å². The Labute approximate surface area is 148 Å². The van der Waals surface area contributed by atoms with Crippen LogP contribution in [-0.2, 0) is 16.0 Å². The SMILES string of the molecule is Cc1[nH]c2ccccc2c1CC(=O)NC1COCC1N1CCCCC1. The highest BCUT2D eigenvalue weighted by Gasteiger charge is 2.34. The number of nitrogens with one attached hydrogen (secondary N) is 2. The van der Waals surface area contributed by atoms with Gasteiger partial charge in [-0.1, -0.05) is 24.6 Å². The maximum Gasteiger partial charge on any atom is 0.224 e. The standard InChI is InChI=1S/C20H27N3O2/c1-14-16(15-7-3-4-8-17(15)21-14)11-20(24)22-18-12-25-13-19(18)23-9-5-2-6-10-23/h3-4,7-8,18-19,21H,2,5-6,9-13H2,1H3,(H,22,24). The lowest BCUT2D eigenvalue weighted by Gasteiger charge is -2.34. The minimum Gasteiger partial charge on any atom is -0.378 e. The molecule has 0 radical (unpaired) electrons. The summed E-state index contributed by atoms with van der Waals surface area (Å²) in [5, 5.41) is 4.38. The van der Waals surface area contributed by atoms with E-state index in [-0.39, 0.29) is 11.9 Å². The Hall–Kier alpha value is -1.85. The lowest BCUT2D eigenvalue weighted by atomic mass is 10.0. The second-order valence-electron chi connectivity index (χ2n) is 7.33. The normalized spacial score (nSPS) is 24.7. The minimum atomic E-state index is 0.0883. The Morgan fingerprint density at radius 2 is 2.04 bits per heavy atom. The van der Waals surface area contributed by atoms with Gasteiger partial charge in [0.25, 0.3) is 0 Å². The van der Waals surface area contributed by atoms with Gasteiger partial charge in [-0.05, 0) is 44.5 Å². The van der Waals surface area contributed by atoms with Crippen LogP contribution in [0.5, 0.6) is 0 Å². The van der Waals surface area contributed by atoms with E-state index >= 15 is 0 Å². The van der Waals surface area contributed by atoms with Crippen molar-refractivity contribution in [2.75, 3.05) is 26.3 Å². The van der Waals surface area contributed by atoms with Gasteiger partial charge in [-0.25, -0.2) is 0 Å². The van der Waals surface area contributed by atoms with Crippen molar-refractivity contribution in [3.63, 3.8) is 0 Å². The van der Waals surface area contributed by atoms with Crippen molar-refractivity contribution >= 4 is 16.8 Å². The van der Waals surface area contributed by atoms with Crippen molar-refractivity contribution in [1.82, 2.24) is 15.2 Å². The first-order valence-electron chi connectivity index (χ1n) is 9.40. The number of carbonyl (C=O) groups excluding carboxylic acids is 1. The Morgan fingerprint density at radius 1 is 1.24 bits per heavy atom. The Morgan fingerprint density at radius 3 is 2.88 bits per heavy atom. The summed E-state index contributed by atoms with van der Waals surface area (Å²) in [5.74, 6) is 0.0883. The molecule has 1 amide bonds. The van der Waals surface area contributed by atoms with Crippen LogP contribution in [-0.4, -0.2) is 54.2 Å². The summed E-state index contributed by atoms with van der Waals surface area (Å²) >= 11 is 0. The minimum absolute atomic E-state index is 0.0883. The molecule has 1 aromatic carbocycles. The van der Waals surface area contributed by atoms with Crippen LogP contribution < -0.4 is 5.32 Å². The number of aromatic nitrogens is 1. The van der Waals surface area contributed by atoms with E-state index in [0.717, 1.165) is 41.9 Å². The molecule has 2 aliphatic rings. The molecule has 0 saturated carbocycles. The van der Waals surface area contributed by atoms with Gasteiger partial charge in [0, 0.05) is 16.6 Å². The molecule has 5 heteroatoms. The number of hydrogen-bond acceptors (Lipinski definition) is 3. The summed E-state index contributed by atoms with van der Waals surface area (Å²) in [6.45, 7) is 5.65. The molecule has 2 fully saturated rings. The molecule has 25 heavy (non-hydrogen) atoms. The molecule has 0 spiro atoms. The van der Waals surface area contributed by atoms with E-state index in [4.69, 9.17) is 4.74 Å². The molecule has 0 aliphatic carbocycles. The van der Waals surface area contributed by atoms with Gasteiger partial charge in [0.05, 0.1) is 31.7 Å². The average Bonchev–Trinajstić information content (AvgIpc) is 3.20. The third kappa shape index (κ3) is 3.44. The average molecular weight is 341 g/mol. The fourth-order valence-electron chi connectivity index (χ4n) is 4.27. The number of hydrogen-bond donors (Lipinski definition) is 2. The molecule has 2 atom stereocenters. The number of para-hydroxylation sites is 1. The van der Waals surface area contributed by atoms with E-state index in [1.54, 1.807) is 0 Å². The molecule has 134 valence electrons. The highest BCUT2D eigenvalue weighted by Crippen LogP contribution is 2.23. The molecule has 2 unspecified atom stereocenters. The second-order valence-corrected chi connectivity index (χ2v) is 7.33. The highest BCUT2D eigenvalue weighted by molar-refractivity contribution is 5.90. The first-order chi connectivity index (χ1) is 12.2. The van der Waals surface area contributed by atoms with Crippen molar-refractivity contribution in [1.29, 1.82) is 0 Å². The molecule has 3 heterocycles. The maximum absolute atomic E-state index is 12.7. The number of rotatable bonds is 4. The first-order valence-corrected chi connectivity index (χ1v) is 9.40. The number of benzene rings is 1. The fraction of sp³-hybridized carbons (Fsp3) is 0.550. The van der Waals surface area contributed by atoms with Crippen molar-refractivity contribution in [3.05, 3.63) is 35.5 Å². The van der Waals surface area contributed by atoms with Crippen LogP contribution in [0.4, 0.5) is 0 Å². The summed E-state index contributed by atoms with van der Waals surface area (Å²) < 4.78 is 5.69. The largest absolute Gasteiger partial charge is 0.378 e. The van der Waals surface area contributed by atoms with Crippen LogP contribution in [0.15, 0.2) is 24.3 Å². The van der Waals surface area contributed by atoms with Crippen LogP contribution in [0.1, 0.15) is 30.5 Å². The van der Waals surface area contributed by atoms with Gasteiger partial charge in [-0.2, -0.15) is 0 Å². The summed E-state index contributed by atoms with van der Waals surface area (Å²) in [6, 6.07) is 8.61. The zero-order chi connectivity index (χ0) is 17.2. The smallest absolute Gasteiger partial charge is 0.224 e. The predicted octanol–water partition coefficient (Wildman–Crippen LogP) is 2.39. The predicted molar refractivity (Wildman–Crippen MR) is 98.7 cm³/mol. The van der Waals surface area contributed by atoms with Crippen LogP contribution in [0.2, 0.25) is 0 Å². The van der Waals surface area contributed by atoms with Crippen LogP contribution in [0.25, 0.3) is 10.9 Å². The monoisotopic (exact) mass is 341 g/mol. The molecular formula is C20H27N3O2. The summed E-state index contributed by atoms with van der Waals surface area (Å²) in [6.07, 6.45) is 4.25. The molecule has 4 rings (SSSR count). The number of likely N-dealkylation sites (tertiary alicyclic amines) is 1. The van der Waals surface area contributed by atoms with Gasteiger partial charge in [0.1, 0.15) is 0 Å². The number of aromatic amines is 1. The molecule has 5 nitrogen and oxygen atoms in total. The number of carbonyl (C=O) groups is 1. The Kier molecular flexibility index (Phi) is 4.77. The first kappa shape index (κ1) is 16.6. The number of aryl methyl sites for hydroxylation is 1. The van der Waals surface area contributed by atoms with Crippen LogP contribution in [0, 0.1) is 6.92 Å². The summed E-state index contributed by atoms with van der Waals surface area (Å²) in [5.41, 5.74) is 3.27. The number of fused-ring (bicyclic) bond motifs is 1. The molecular weight excluding hydrogens is 314 g/mol. The van der Waals surface area contributed by atoms with Gasteiger partial charge in [0.2, 0.25) is 5.91 Å². The number of ether oxygens (including phenoxy) is 1. The maximum atomic E-state index is 12.7. The van der Waals surface area contributed by atoms with Crippen molar-refractivity contribution in [2.24, 2.45) is 0 Å². The number of piperidine rings is 1. The third-order valence-electron chi connectivity index (χ3n) is 5.62. The fourth-order valence-corrected chi connectivity index (χ4v) is 4.27. The van der Waals surface area contributed by atoms with E-state index in [1.165, 1.54) is 19.3 Å². The molecule has 2 saturated heterocycles. The zero-order valence-corrected chi connectivity index (χ0v) is 14.9. The zero-order valence-electron chi connectivity index (χ0n) is 14.9. The van der Waals surface area contributed by atoms with Gasteiger partial charge < -0.3 is 15.0 Å². The van der Waals surface area contributed by atoms with Crippen molar-refractivity contribution in [2.45, 2.75) is 44.7 Å². The molecule has 0 bridgehead atoms. The summed E-state index contributed by atoms with van der Waals surface area (Å²) in [4.78, 5) is 18.6.